The number of benzene rings is 1. The van der Waals surface area contributed by atoms with Gasteiger partial charge in [0.05, 0.1) is 5.52 Å². The van der Waals surface area contributed by atoms with E-state index < -0.39 is 11.9 Å². The molecule has 2 aromatic rings. The summed E-state index contributed by atoms with van der Waals surface area (Å²) in [6.07, 6.45) is -2.94. The number of fused-ring (bicyclic) bond motifs is 1. The van der Waals surface area contributed by atoms with Crippen molar-refractivity contribution in [1.29, 1.82) is 0 Å². The molecule has 0 spiro atoms. The second kappa shape index (κ2) is 5.69. The lowest BCUT2D eigenvalue weighted by atomic mass is 10.1. The summed E-state index contributed by atoms with van der Waals surface area (Å²) in [4.78, 5) is 3.82. The molecule has 0 saturated heterocycles. The Morgan fingerprint density at radius 2 is 1.95 bits per heavy atom. The highest BCUT2D eigenvalue weighted by atomic mass is 19.4. The zero-order valence-corrected chi connectivity index (χ0v) is 11.5. The molecule has 108 valence electrons. The molecule has 1 aromatic heterocycles. The first-order valence-corrected chi connectivity index (χ1v) is 6.71. The Morgan fingerprint density at radius 1 is 1.20 bits per heavy atom. The second-order valence-corrected chi connectivity index (χ2v) is 4.65. The summed E-state index contributed by atoms with van der Waals surface area (Å²) in [6.45, 7) is 4.52. The maximum atomic E-state index is 13.0. The van der Waals surface area contributed by atoms with Crippen molar-refractivity contribution in [3.63, 3.8) is 0 Å². The number of aromatic nitrogens is 1. The highest BCUT2D eigenvalue weighted by molar-refractivity contribution is 5.93. The minimum absolute atomic E-state index is 0.434. The van der Waals surface area contributed by atoms with Crippen LogP contribution in [0.1, 0.15) is 31.5 Å². The van der Waals surface area contributed by atoms with Crippen LogP contribution in [0.15, 0.2) is 24.3 Å². The summed E-state index contributed by atoms with van der Waals surface area (Å²) in [5, 5.41) is 3.80. The first-order valence-electron chi connectivity index (χ1n) is 6.71. The summed E-state index contributed by atoms with van der Waals surface area (Å²) >= 11 is 0. The molecule has 0 saturated carbocycles. The van der Waals surface area contributed by atoms with E-state index in [1.165, 1.54) is 0 Å². The van der Waals surface area contributed by atoms with Gasteiger partial charge in [0.2, 0.25) is 0 Å². The predicted molar refractivity (Wildman–Crippen MR) is 74.9 cm³/mol. The van der Waals surface area contributed by atoms with Crippen LogP contribution in [0.25, 0.3) is 10.9 Å². The van der Waals surface area contributed by atoms with Gasteiger partial charge in [-0.15, -0.1) is 0 Å². The molecule has 1 heterocycles. The first kappa shape index (κ1) is 14.6. The molecule has 2 rings (SSSR count). The second-order valence-electron chi connectivity index (χ2n) is 4.65. The third-order valence-electron chi connectivity index (χ3n) is 3.16. The highest BCUT2D eigenvalue weighted by Gasteiger charge is 2.33. The average Bonchev–Trinajstić information content (AvgIpc) is 2.42. The van der Waals surface area contributed by atoms with Gasteiger partial charge in [-0.05, 0) is 24.5 Å². The molecule has 0 aliphatic heterocycles. The lowest BCUT2D eigenvalue weighted by Gasteiger charge is -2.14. The summed E-state index contributed by atoms with van der Waals surface area (Å²) < 4.78 is 38.9. The molecule has 1 N–H and O–H groups in total. The topological polar surface area (TPSA) is 24.9 Å². The van der Waals surface area contributed by atoms with Crippen LogP contribution in [0.3, 0.4) is 0 Å². The first-order chi connectivity index (χ1) is 9.47. The van der Waals surface area contributed by atoms with Gasteiger partial charge in [-0.25, -0.2) is 4.98 Å². The number of pyridine rings is 1. The van der Waals surface area contributed by atoms with Gasteiger partial charge < -0.3 is 5.32 Å². The van der Waals surface area contributed by atoms with Gasteiger partial charge in [0.15, 0.2) is 0 Å². The minimum Gasteiger partial charge on any atom is -0.384 e. The van der Waals surface area contributed by atoms with Crippen molar-refractivity contribution in [3.8, 4) is 0 Å². The molecule has 0 aliphatic carbocycles. The molecule has 0 fully saturated rings. The number of hydrogen-bond acceptors (Lipinski definition) is 2. The lowest BCUT2D eigenvalue weighted by Crippen LogP contribution is -2.11. The SMILES string of the molecule is CCCNc1cc(C(F)(F)F)nc2c(CC)cccc12. The Kier molecular flexibility index (Phi) is 4.16. The number of para-hydroxylation sites is 1. The van der Waals surface area contributed by atoms with E-state index in [4.69, 9.17) is 0 Å². The van der Waals surface area contributed by atoms with Gasteiger partial charge in [-0.1, -0.05) is 32.0 Å². The van der Waals surface area contributed by atoms with Crippen LogP contribution in [0.4, 0.5) is 18.9 Å². The zero-order valence-electron chi connectivity index (χ0n) is 11.5. The molecular formula is C15H17F3N2. The van der Waals surface area contributed by atoms with Crippen molar-refractivity contribution in [3.05, 3.63) is 35.5 Å². The molecule has 5 heteroatoms. The molecule has 1 aromatic carbocycles. The Morgan fingerprint density at radius 3 is 2.55 bits per heavy atom. The number of anilines is 1. The van der Waals surface area contributed by atoms with Crippen LogP contribution in [0, 0.1) is 0 Å². The van der Waals surface area contributed by atoms with E-state index in [1.54, 1.807) is 6.07 Å². The van der Waals surface area contributed by atoms with Crippen LogP contribution in [-0.4, -0.2) is 11.5 Å². The zero-order chi connectivity index (χ0) is 14.8. The van der Waals surface area contributed by atoms with Crippen molar-refractivity contribution in [2.45, 2.75) is 32.9 Å². The van der Waals surface area contributed by atoms with Gasteiger partial charge in [-0.3, -0.25) is 0 Å². The Labute approximate surface area is 116 Å². The summed E-state index contributed by atoms with van der Waals surface area (Å²) in [6, 6.07) is 6.57. The van der Waals surface area contributed by atoms with Gasteiger partial charge in [-0.2, -0.15) is 13.2 Å². The van der Waals surface area contributed by atoms with Crippen LogP contribution in [0.5, 0.6) is 0 Å². The number of halogens is 3. The molecule has 20 heavy (non-hydrogen) atoms. The van der Waals surface area contributed by atoms with Crippen LogP contribution >= 0.6 is 0 Å². The fourth-order valence-electron chi connectivity index (χ4n) is 2.14. The van der Waals surface area contributed by atoms with E-state index >= 15 is 0 Å². The number of alkyl halides is 3. The van der Waals surface area contributed by atoms with E-state index in [1.807, 2.05) is 26.0 Å². The number of rotatable bonds is 4. The van der Waals surface area contributed by atoms with Gasteiger partial charge in [0.25, 0.3) is 0 Å². The Hall–Kier alpha value is -1.78. The molecular weight excluding hydrogens is 265 g/mol. The number of nitrogens with zero attached hydrogens (tertiary/aromatic N) is 1. The standard InChI is InChI=1S/C15H17F3N2/c1-3-8-19-12-9-13(15(16,17)18)20-14-10(4-2)6-5-7-11(12)14/h5-7,9H,3-4,8H2,1-2H3,(H,19,20). The van der Waals surface area contributed by atoms with E-state index in [9.17, 15) is 13.2 Å². The number of nitrogens with one attached hydrogen (secondary N) is 1. The van der Waals surface area contributed by atoms with Crippen molar-refractivity contribution < 1.29 is 13.2 Å². The highest BCUT2D eigenvalue weighted by Crippen LogP contribution is 2.34. The summed E-state index contributed by atoms with van der Waals surface area (Å²) in [5.74, 6) is 0. The third kappa shape index (κ3) is 2.86. The molecule has 0 bridgehead atoms. The van der Waals surface area contributed by atoms with E-state index in [-0.39, 0.29) is 0 Å². The maximum absolute atomic E-state index is 13.0. The maximum Gasteiger partial charge on any atom is 0.433 e. The van der Waals surface area contributed by atoms with Crippen LogP contribution in [0.2, 0.25) is 0 Å². The molecule has 2 nitrogen and oxygen atoms in total. The molecule has 0 atom stereocenters. The van der Waals surface area contributed by atoms with Gasteiger partial charge in [0.1, 0.15) is 5.69 Å². The van der Waals surface area contributed by atoms with E-state index in [2.05, 4.69) is 10.3 Å². The van der Waals surface area contributed by atoms with Gasteiger partial charge in [0, 0.05) is 17.6 Å². The monoisotopic (exact) mass is 282 g/mol. The Balaban J connectivity index is 2.68. The fraction of sp³-hybridized carbons (Fsp3) is 0.400. The fourth-order valence-corrected chi connectivity index (χ4v) is 2.14. The van der Waals surface area contributed by atoms with E-state index in [0.29, 0.717) is 24.2 Å². The van der Waals surface area contributed by atoms with Crippen LogP contribution < -0.4 is 5.32 Å². The van der Waals surface area contributed by atoms with Crippen molar-refractivity contribution in [2.24, 2.45) is 0 Å². The lowest BCUT2D eigenvalue weighted by molar-refractivity contribution is -0.140. The van der Waals surface area contributed by atoms with E-state index in [0.717, 1.165) is 23.4 Å². The van der Waals surface area contributed by atoms with Gasteiger partial charge >= 0.3 is 6.18 Å². The number of aryl methyl sites for hydroxylation is 1. The van der Waals surface area contributed by atoms with Crippen molar-refractivity contribution in [2.75, 3.05) is 11.9 Å². The largest absolute Gasteiger partial charge is 0.433 e. The Bertz CT molecular complexity index is 606. The molecule has 0 unspecified atom stereocenters. The predicted octanol–water partition coefficient (Wildman–Crippen LogP) is 4.64. The smallest absolute Gasteiger partial charge is 0.384 e. The number of hydrogen-bond donors (Lipinski definition) is 1. The quantitative estimate of drug-likeness (QED) is 0.883. The third-order valence-corrected chi connectivity index (χ3v) is 3.16. The normalized spacial score (nSPS) is 11.8. The molecule has 0 aliphatic rings. The van der Waals surface area contributed by atoms with Crippen molar-refractivity contribution >= 4 is 16.6 Å². The van der Waals surface area contributed by atoms with Crippen molar-refractivity contribution in [1.82, 2.24) is 4.98 Å². The minimum atomic E-state index is -4.43. The molecule has 0 amide bonds. The van der Waals surface area contributed by atoms with Crippen LogP contribution in [-0.2, 0) is 12.6 Å². The molecule has 0 radical (unpaired) electrons. The average molecular weight is 282 g/mol. The summed E-state index contributed by atoms with van der Waals surface area (Å²) in [7, 11) is 0. The summed E-state index contributed by atoms with van der Waals surface area (Å²) in [5.41, 5.74) is 0.917.